The highest BCUT2D eigenvalue weighted by molar-refractivity contribution is 5.97. The average molecular weight is 260 g/mol. The lowest BCUT2D eigenvalue weighted by Crippen LogP contribution is -2.12. The molecule has 0 unspecified atom stereocenters. The van der Waals surface area contributed by atoms with Crippen molar-refractivity contribution >= 4 is 17.7 Å². The number of nitrogens with zero attached hydrogens (tertiary/aromatic N) is 2. The predicted molar refractivity (Wildman–Crippen MR) is 67.9 cm³/mol. The van der Waals surface area contributed by atoms with Crippen molar-refractivity contribution in [3.05, 3.63) is 45.5 Å². The van der Waals surface area contributed by atoms with Gasteiger partial charge in [-0.2, -0.15) is 5.26 Å². The molecule has 0 radical (unpaired) electrons. The van der Waals surface area contributed by atoms with Gasteiger partial charge in [-0.1, -0.05) is 0 Å². The van der Waals surface area contributed by atoms with E-state index in [1.54, 1.807) is 19.9 Å². The summed E-state index contributed by atoms with van der Waals surface area (Å²) in [6.45, 7) is 3.36. The van der Waals surface area contributed by atoms with Crippen LogP contribution in [0.15, 0.2) is 29.8 Å². The van der Waals surface area contributed by atoms with Crippen molar-refractivity contribution in [2.75, 3.05) is 0 Å². The Bertz CT molecular complexity index is 553. The summed E-state index contributed by atoms with van der Waals surface area (Å²) in [6, 6.07) is 7.26. The molecule has 6 nitrogen and oxygen atoms in total. The van der Waals surface area contributed by atoms with E-state index in [1.807, 2.05) is 0 Å². The molecule has 0 aliphatic heterocycles. The first-order valence-electron chi connectivity index (χ1n) is 5.51. The van der Waals surface area contributed by atoms with Gasteiger partial charge < -0.3 is 4.74 Å². The molecule has 1 rings (SSSR count). The molecule has 0 amide bonds. The fourth-order valence-corrected chi connectivity index (χ4v) is 1.27. The third kappa shape index (κ3) is 4.24. The zero-order chi connectivity index (χ0) is 14.4. The zero-order valence-electron chi connectivity index (χ0n) is 10.5. The quantitative estimate of drug-likeness (QED) is 0.272. The summed E-state index contributed by atoms with van der Waals surface area (Å²) in [5.74, 6) is -0.712. The molecular formula is C13H12N2O4. The molecule has 0 aromatic heterocycles. The second kappa shape index (κ2) is 6.31. The average Bonchev–Trinajstić information content (AvgIpc) is 2.35. The van der Waals surface area contributed by atoms with Crippen LogP contribution in [0.25, 0.3) is 6.08 Å². The molecule has 19 heavy (non-hydrogen) atoms. The lowest BCUT2D eigenvalue weighted by Gasteiger charge is -2.06. The van der Waals surface area contributed by atoms with Gasteiger partial charge in [0.05, 0.1) is 11.0 Å². The second-order valence-electron chi connectivity index (χ2n) is 3.97. The lowest BCUT2D eigenvalue weighted by atomic mass is 10.1. The number of nitro benzene ring substituents is 1. The second-order valence-corrected chi connectivity index (χ2v) is 3.97. The summed E-state index contributed by atoms with van der Waals surface area (Å²) < 4.78 is 4.90. The minimum atomic E-state index is -0.712. The van der Waals surface area contributed by atoms with Gasteiger partial charge in [0.1, 0.15) is 11.6 Å². The highest BCUT2D eigenvalue weighted by atomic mass is 16.6. The Morgan fingerprint density at radius 3 is 2.42 bits per heavy atom. The molecule has 0 aliphatic rings. The van der Waals surface area contributed by atoms with Gasteiger partial charge in [0, 0.05) is 12.1 Å². The van der Waals surface area contributed by atoms with E-state index < -0.39 is 10.9 Å². The molecular weight excluding hydrogens is 248 g/mol. The van der Waals surface area contributed by atoms with E-state index in [1.165, 1.54) is 30.3 Å². The lowest BCUT2D eigenvalue weighted by molar-refractivity contribution is -0.384. The molecule has 0 saturated heterocycles. The molecule has 0 N–H and O–H groups in total. The Morgan fingerprint density at radius 2 is 2.00 bits per heavy atom. The third-order valence-corrected chi connectivity index (χ3v) is 2.10. The van der Waals surface area contributed by atoms with Gasteiger partial charge in [-0.15, -0.1) is 0 Å². The van der Waals surface area contributed by atoms with Crippen LogP contribution in [0.5, 0.6) is 0 Å². The van der Waals surface area contributed by atoms with E-state index in [2.05, 4.69) is 0 Å². The van der Waals surface area contributed by atoms with Crippen LogP contribution in [0.1, 0.15) is 19.4 Å². The molecule has 0 spiro atoms. The zero-order valence-corrected chi connectivity index (χ0v) is 10.5. The normalized spacial score (nSPS) is 10.9. The number of benzene rings is 1. The maximum absolute atomic E-state index is 11.5. The number of nitriles is 1. The predicted octanol–water partition coefficient (Wildman–Crippen LogP) is 2.45. The van der Waals surface area contributed by atoms with Crippen LogP contribution in [0.2, 0.25) is 0 Å². The number of hydrogen-bond acceptors (Lipinski definition) is 5. The highest BCUT2D eigenvalue weighted by Gasteiger charge is 2.12. The Morgan fingerprint density at radius 1 is 1.42 bits per heavy atom. The van der Waals surface area contributed by atoms with E-state index >= 15 is 0 Å². The monoisotopic (exact) mass is 260 g/mol. The van der Waals surface area contributed by atoms with E-state index in [0.717, 1.165) is 0 Å². The molecule has 0 atom stereocenters. The summed E-state index contributed by atoms with van der Waals surface area (Å²) >= 11 is 0. The summed E-state index contributed by atoms with van der Waals surface area (Å²) in [6.07, 6.45) is 1.01. The first-order chi connectivity index (χ1) is 8.93. The van der Waals surface area contributed by atoms with Crippen LogP contribution in [0.4, 0.5) is 5.69 Å². The van der Waals surface area contributed by atoms with E-state index in [4.69, 9.17) is 10.00 Å². The van der Waals surface area contributed by atoms with Crippen LogP contribution in [0.3, 0.4) is 0 Å². The summed E-state index contributed by atoms with van der Waals surface area (Å²) in [5.41, 5.74) is 0.311. The van der Waals surface area contributed by atoms with Crippen molar-refractivity contribution in [3.8, 4) is 6.07 Å². The standard InChI is InChI=1S/C13H12N2O4/c1-9(2)19-13(16)11(8-14)7-10-3-5-12(6-4-10)15(17)18/h3-7,9H,1-2H3/b11-7+. The number of carbonyl (C=O) groups is 1. The van der Waals surface area contributed by atoms with Crippen molar-refractivity contribution < 1.29 is 14.5 Å². The van der Waals surface area contributed by atoms with Gasteiger partial charge in [-0.05, 0) is 37.6 Å². The van der Waals surface area contributed by atoms with E-state index in [-0.39, 0.29) is 17.4 Å². The van der Waals surface area contributed by atoms with Crippen LogP contribution in [-0.4, -0.2) is 17.0 Å². The van der Waals surface area contributed by atoms with Crippen molar-refractivity contribution in [3.63, 3.8) is 0 Å². The number of ether oxygens (including phenoxy) is 1. The van der Waals surface area contributed by atoms with Gasteiger partial charge in [0.2, 0.25) is 0 Å². The highest BCUT2D eigenvalue weighted by Crippen LogP contribution is 2.15. The van der Waals surface area contributed by atoms with E-state index in [9.17, 15) is 14.9 Å². The largest absolute Gasteiger partial charge is 0.459 e. The Kier molecular flexibility index (Phi) is 4.77. The Labute approximate surface area is 110 Å². The van der Waals surface area contributed by atoms with Gasteiger partial charge in [-0.3, -0.25) is 10.1 Å². The fourth-order valence-electron chi connectivity index (χ4n) is 1.27. The molecule has 0 aliphatic carbocycles. The first-order valence-corrected chi connectivity index (χ1v) is 5.51. The number of hydrogen-bond donors (Lipinski definition) is 0. The number of carbonyl (C=O) groups excluding carboxylic acids is 1. The van der Waals surface area contributed by atoms with Crippen molar-refractivity contribution in [2.45, 2.75) is 20.0 Å². The Hall–Kier alpha value is -2.68. The molecule has 0 bridgehead atoms. The maximum Gasteiger partial charge on any atom is 0.349 e. The molecule has 0 heterocycles. The maximum atomic E-state index is 11.5. The number of non-ortho nitro benzene ring substituents is 1. The fraction of sp³-hybridized carbons (Fsp3) is 0.231. The Balaban J connectivity index is 2.95. The molecule has 0 saturated carbocycles. The molecule has 0 fully saturated rings. The molecule has 6 heteroatoms. The summed E-state index contributed by atoms with van der Waals surface area (Å²) in [7, 11) is 0. The van der Waals surface area contributed by atoms with Crippen molar-refractivity contribution in [1.29, 1.82) is 5.26 Å². The summed E-state index contributed by atoms with van der Waals surface area (Å²) in [4.78, 5) is 21.5. The molecule has 1 aromatic rings. The third-order valence-electron chi connectivity index (χ3n) is 2.10. The van der Waals surface area contributed by atoms with Gasteiger partial charge in [-0.25, -0.2) is 4.79 Å². The van der Waals surface area contributed by atoms with Crippen LogP contribution >= 0.6 is 0 Å². The number of rotatable bonds is 4. The number of nitro groups is 1. The van der Waals surface area contributed by atoms with E-state index in [0.29, 0.717) is 5.56 Å². The SMILES string of the molecule is CC(C)OC(=O)/C(C#N)=C/c1ccc([N+](=O)[O-])cc1. The minimum Gasteiger partial charge on any atom is -0.459 e. The van der Waals surface area contributed by atoms with Crippen molar-refractivity contribution in [2.24, 2.45) is 0 Å². The summed E-state index contributed by atoms with van der Waals surface area (Å²) in [5, 5.41) is 19.4. The van der Waals surface area contributed by atoms with Gasteiger partial charge in [0.15, 0.2) is 0 Å². The smallest absolute Gasteiger partial charge is 0.349 e. The van der Waals surface area contributed by atoms with Crippen molar-refractivity contribution in [1.82, 2.24) is 0 Å². The van der Waals surface area contributed by atoms with Gasteiger partial charge >= 0.3 is 5.97 Å². The van der Waals surface area contributed by atoms with Crippen LogP contribution in [-0.2, 0) is 9.53 Å². The first kappa shape index (κ1) is 14.4. The topological polar surface area (TPSA) is 93.2 Å². The van der Waals surface area contributed by atoms with Gasteiger partial charge in [0.25, 0.3) is 5.69 Å². The van der Waals surface area contributed by atoms with Crippen LogP contribution < -0.4 is 0 Å². The minimum absolute atomic E-state index is 0.0552. The molecule has 1 aromatic carbocycles. The van der Waals surface area contributed by atoms with Crippen LogP contribution in [0, 0.1) is 21.4 Å². The molecule has 98 valence electrons. The number of esters is 1.